The Balaban J connectivity index is 3.08. The SMILES string of the molecule is [2H]C([2H])([2H])CCCCCC=O. The lowest BCUT2D eigenvalue weighted by molar-refractivity contribution is -0.107. The first-order chi connectivity index (χ1) is 5.06. The highest BCUT2D eigenvalue weighted by atomic mass is 16.1. The second-order valence-corrected chi connectivity index (χ2v) is 1.77. The van der Waals surface area contributed by atoms with Crippen molar-refractivity contribution in [1.29, 1.82) is 0 Å². The average Bonchev–Trinajstić information content (AvgIpc) is 1.85. The van der Waals surface area contributed by atoms with Crippen LogP contribution in [0, 0.1) is 0 Å². The van der Waals surface area contributed by atoms with Crippen molar-refractivity contribution in [2.24, 2.45) is 0 Å². The van der Waals surface area contributed by atoms with Crippen LogP contribution >= 0.6 is 0 Å². The molecule has 0 bridgehead atoms. The van der Waals surface area contributed by atoms with E-state index < -0.39 is 6.85 Å². The van der Waals surface area contributed by atoms with E-state index in [-0.39, 0.29) is 6.42 Å². The normalized spacial score (nSPS) is 16.2. The van der Waals surface area contributed by atoms with E-state index in [0.29, 0.717) is 12.8 Å². The molecule has 1 heteroatoms. The standard InChI is InChI=1S/C7H14O/c1-2-3-4-5-6-7-8/h7H,2-6H2,1H3/i1D3. The molecule has 0 radical (unpaired) electrons. The first kappa shape index (κ1) is 3.65. The number of unbranched alkanes of at least 4 members (excludes halogenated alkanes) is 3. The maximum Gasteiger partial charge on any atom is 0.119 e. The fourth-order valence-electron chi connectivity index (χ4n) is 0.529. The van der Waals surface area contributed by atoms with E-state index in [9.17, 15) is 4.79 Å². The molecule has 0 aliphatic heterocycles. The zero-order chi connectivity index (χ0) is 8.74. The lowest BCUT2D eigenvalue weighted by atomic mass is 10.2. The summed E-state index contributed by atoms with van der Waals surface area (Å²) in [5, 5.41) is 0. The van der Waals surface area contributed by atoms with Crippen LogP contribution < -0.4 is 0 Å². The van der Waals surface area contributed by atoms with Crippen LogP contribution in [0.25, 0.3) is 0 Å². The second kappa shape index (κ2) is 6.67. The summed E-state index contributed by atoms with van der Waals surface area (Å²) in [7, 11) is 0. The molecule has 0 fully saturated rings. The van der Waals surface area contributed by atoms with Gasteiger partial charge in [0.2, 0.25) is 0 Å². The molecule has 0 amide bonds. The minimum atomic E-state index is -1.79. The Morgan fingerprint density at radius 3 is 3.00 bits per heavy atom. The summed E-state index contributed by atoms with van der Waals surface area (Å²) < 4.78 is 20.6. The summed E-state index contributed by atoms with van der Waals surface area (Å²) in [6, 6.07) is 0. The van der Waals surface area contributed by atoms with Gasteiger partial charge in [0.15, 0.2) is 0 Å². The second-order valence-electron chi connectivity index (χ2n) is 1.77. The number of aldehydes is 1. The van der Waals surface area contributed by atoms with Crippen LogP contribution in [0.1, 0.15) is 43.1 Å². The molecule has 0 aliphatic carbocycles. The van der Waals surface area contributed by atoms with Gasteiger partial charge in [0.25, 0.3) is 0 Å². The smallest absolute Gasteiger partial charge is 0.119 e. The van der Waals surface area contributed by atoms with Gasteiger partial charge in [0.05, 0.1) is 0 Å². The lowest BCUT2D eigenvalue weighted by Crippen LogP contribution is -1.76. The number of rotatable bonds is 5. The van der Waals surface area contributed by atoms with Crippen LogP contribution in [0.15, 0.2) is 0 Å². The molecule has 0 atom stereocenters. The van der Waals surface area contributed by atoms with E-state index in [2.05, 4.69) is 0 Å². The van der Waals surface area contributed by atoms with Gasteiger partial charge in [0, 0.05) is 10.5 Å². The van der Waals surface area contributed by atoms with Gasteiger partial charge >= 0.3 is 0 Å². The minimum absolute atomic E-state index is 0.270. The maximum atomic E-state index is 9.85. The Labute approximate surface area is 55.3 Å². The van der Waals surface area contributed by atoms with Crippen molar-refractivity contribution in [3.05, 3.63) is 0 Å². The highest BCUT2D eigenvalue weighted by Crippen LogP contribution is 1.99. The molecule has 0 spiro atoms. The fraction of sp³-hybridized carbons (Fsp3) is 0.857. The van der Waals surface area contributed by atoms with E-state index in [1.54, 1.807) is 0 Å². The topological polar surface area (TPSA) is 17.1 Å². The predicted octanol–water partition coefficient (Wildman–Crippen LogP) is 2.16. The Hall–Kier alpha value is -0.330. The summed E-state index contributed by atoms with van der Waals surface area (Å²) in [6.45, 7) is -1.79. The maximum absolute atomic E-state index is 9.85. The third-order valence-electron chi connectivity index (χ3n) is 0.999. The molecular weight excluding hydrogens is 100 g/mol. The third-order valence-corrected chi connectivity index (χ3v) is 0.999. The number of carbonyl (C=O) groups is 1. The van der Waals surface area contributed by atoms with Gasteiger partial charge in [0.1, 0.15) is 6.29 Å². The van der Waals surface area contributed by atoms with E-state index >= 15 is 0 Å². The number of hydrogen-bond donors (Lipinski definition) is 0. The quantitative estimate of drug-likeness (QED) is 0.398. The van der Waals surface area contributed by atoms with Crippen molar-refractivity contribution >= 4 is 6.29 Å². The predicted molar refractivity (Wildman–Crippen MR) is 34.8 cm³/mol. The molecule has 8 heavy (non-hydrogen) atoms. The van der Waals surface area contributed by atoms with E-state index in [1.165, 1.54) is 0 Å². The van der Waals surface area contributed by atoms with E-state index in [4.69, 9.17) is 4.11 Å². The molecule has 0 aromatic heterocycles. The molecule has 0 saturated heterocycles. The zero-order valence-corrected chi connectivity index (χ0v) is 5.02. The van der Waals surface area contributed by atoms with Gasteiger partial charge in [-0.1, -0.05) is 26.1 Å². The summed E-state index contributed by atoms with van der Waals surface area (Å²) in [5.41, 5.74) is 0. The van der Waals surface area contributed by atoms with Crippen molar-refractivity contribution in [2.45, 2.75) is 39.0 Å². The highest BCUT2D eigenvalue weighted by molar-refractivity contribution is 5.48. The molecule has 0 N–H and O–H groups in total. The Morgan fingerprint density at radius 1 is 1.50 bits per heavy atom. The zero-order valence-electron chi connectivity index (χ0n) is 8.02. The van der Waals surface area contributed by atoms with Crippen LogP contribution in [-0.4, -0.2) is 6.29 Å². The molecule has 0 rings (SSSR count). The minimum Gasteiger partial charge on any atom is -0.303 e. The summed E-state index contributed by atoms with van der Waals surface area (Å²) >= 11 is 0. The first-order valence-electron chi connectivity index (χ1n) is 4.50. The van der Waals surface area contributed by atoms with Gasteiger partial charge in [-0.25, -0.2) is 0 Å². The average molecular weight is 117 g/mol. The van der Waals surface area contributed by atoms with Crippen molar-refractivity contribution in [2.75, 3.05) is 0 Å². The summed E-state index contributed by atoms with van der Waals surface area (Å²) in [6.07, 6.45) is 4.06. The van der Waals surface area contributed by atoms with Gasteiger partial charge in [-0.2, -0.15) is 0 Å². The lowest BCUT2D eigenvalue weighted by Gasteiger charge is -1.90. The third kappa shape index (κ3) is 5.67. The van der Waals surface area contributed by atoms with Gasteiger partial charge < -0.3 is 4.79 Å². The van der Waals surface area contributed by atoms with Gasteiger partial charge in [-0.3, -0.25) is 0 Å². The highest BCUT2D eigenvalue weighted by Gasteiger charge is 1.83. The summed E-state index contributed by atoms with van der Waals surface area (Å²) in [4.78, 5) is 9.85. The molecule has 48 valence electrons. The van der Waals surface area contributed by atoms with Crippen LogP contribution in [0.2, 0.25) is 0 Å². The largest absolute Gasteiger partial charge is 0.303 e. The van der Waals surface area contributed by atoms with Crippen LogP contribution in [0.5, 0.6) is 0 Å². The van der Waals surface area contributed by atoms with E-state index in [0.717, 1.165) is 19.1 Å². The van der Waals surface area contributed by atoms with Crippen molar-refractivity contribution in [3.63, 3.8) is 0 Å². The van der Waals surface area contributed by atoms with Crippen molar-refractivity contribution in [3.8, 4) is 0 Å². The Bertz CT molecular complexity index is 109. The molecule has 0 aliphatic rings. The van der Waals surface area contributed by atoms with Crippen LogP contribution in [0.4, 0.5) is 0 Å². The first-order valence-corrected chi connectivity index (χ1v) is 3.00. The number of carbonyl (C=O) groups excluding carboxylic acids is 1. The van der Waals surface area contributed by atoms with E-state index in [1.807, 2.05) is 0 Å². The monoisotopic (exact) mass is 117 g/mol. The van der Waals surface area contributed by atoms with Crippen molar-refractivity contribution in [1.82, 2.24) is 0 Å². The number of hydrogen-bond acceptors (Lipinski definition) is 1. The van der Waals surface area contributed by atoms with Crippen LogP contribution in [-0.2, 0) is 4.79 Å². The van der Waals surface area contributed by atoms with Crippen molar-refractivity contribution < 1.29 is 8.91 Å². The molecule has 1 nitrogen and oxygen atoms in total. The Kier molecular flexibility index (Phi) is 3.04. The molecular formula is C7H14O. The molecule has 0 aromatic carbocycles. The van der Waals surface area contributed by atoms with Crippen LogP contribution in [0.3, 0.4) is 0 Å². The molecule has 0 aromatic rings. The fourth-order valence-corrected chi connectivity index (χ4v) is 0.529. The summed E-state index contributed by atoms with van der Waals surface area (Å²) in [5.74, 6) is 0. The molecule has 0 heterocycles. The Morgan fingerprint density at radius 2 is 2.38 bits per heavy atom. The molecule has 0 saturated carbocycles. The van der Waals surface area contributed by atoms with Gasteiger partial charge in [-0.15, -0.1) is 0 Å². The molecule has 0 unspecified atom stereocenters. The van der Waals surface area contributed by atoms with Gasteiger partial charge in [-0.05, 0) is 6.42 Å².